The van der Waals surface area contributed by atoms with E-state index in [2.05, 4.69) is 18.8 Å². The Kier molecular flexibility index (Phi) is 4.15. The summed E-state index contributed by atoms with van der Waals surface area (Å²) >= 11 is 7.92. The molecule has 0 amide bonds. The summed E-state index contributed by atoms with van der Waals surface area (Å²) in [6.45, 7) is 4.47. The van der Waals surface area contributed by atoms with Gasteiger partial charge in [-0.3, -0.25) is 0 Å². The van der Waals surface area contributed by atoms with Crippen molar-refractivity contribution in [1.29, 1.82) is 0 Å². The lowest BCUT2D eigenvalue weighted by atomic mass is 9.91. The summed E-state index contributed by atoms with van der Waals surface area (Å²) in [6, 6.07) is 2.00. The summed E-state index contributed by atoms with van der Waals surface area (Å²) in [5.74, 6) is 0.879. The van der Waals surface area contributed by atoms with Crippen LogP contribution >= 0.6 is 23.4 Å². The Morgan fingerprint density at radius 3 is 3.00 bits per heavy atom. The number of hydrogen-bond acceptors (Lipinski definition) is 2. The number of thioether (sulfide) groups is 1. The molecule has 0 bridgehead atoms. The van der Waals surface area contributed by atoms with Crippen LogP contribution in [0.3, 0.4) is 0 Å². The van der Waals surface area contributed by atoms with Gasteiger partial charge in [-0.1, -0.05) is 31.4 Å². The molecular formula is C13H18ClNS. The van der Waals surface area contributed by atoms with Crippen molar-refractivity contribution in [2.24, 2.45) is 5.92 Å². The Labute approximate surface area is 107 Å². The molecule has 1 aliphatic rings. The van der Waals surface area contributed by atoms with E-state index in [1.54, 1.807) is 0 Å². The SMILES string of the molecule is Cc1cnc(Cl)cc1SC1CCCC(C)C1. The first-order chi connectivity index (χ1) is 7.65. The molecular weight excluding hydrogens is 238 g/mol. The maximum Gasteiger partial charge on any atom is 0.130 e. The Balaban J connectivity index is 2.05. The van der Waals surface area contributed by atoms with E-state index in [9.17, 15) is 0 Å². The maximum absolute atomic E-state index is 5.94. The van der Waals surface area contributed by atoms with Crippen molar-refractivity contribution in [2.75, 3.05) is 0 Å². The summed E-state index contributed by atoms with van der Waals surface area (Å²) < 4.78 is 0. The lowest BCUT2D eigenvalue weighted by Crippen LogP contribution is -2.15. The van der Waals surface area contributed by atoms with Crippen LogP contribution in [0.5, 0.6) is 0 Å². The van der Waals surface area contributed by atoms with E-state index in [1.807, 2.05) is 24.0 Å². The molecule has 0 N–H and O–H groups in total. The molecule has 0 saturated heterocycles. The molecule has 1 aromatic heterocycles. The fourth-order valence-corrected chi connectivity index (χ4v) is 3.98. The van der Waals surface area contributed by atoms with Gasteiger partial charge in [-0.15, -0.1) is 11.8 Å². The normalized spacial score (nSPS) is 25.7. The Bertz CT molecular complexity index is 367. The van der Waals surface area contributed by atoms with Crippen LogP contribution in [0.2, 0.25) is 5.15 Å². The molecule has 3 heteroatoms. The molecule has 2 unspecified atom stereocenters. The van der Waals surface area contributed by atoms with Gasteiger partial charge in [-0.25, -0.2) is 4.98 Å². The van der Waals surface area contributed by atoms with Crippen LogP contribution in [-0.4, -0.2) is 10.2 Å². The van der Waals surface area contributed by atoms with Gasteiger partial charge in [0.15, 0.2) is 0 Å². The second-order valence-electron chi connectivity index (χ2n) is 4.78. The molecule has 1 heterocycles. The molecule has 2 rings (SSSR count). The quantitative estimate of drug-likeness (QED) is 0.710. The van der Waals surface area contributed by atoms with E-state index in [0.29, 0.717) is 5.15 Å². The molecule has 16 heavy (non-hydrogen) atoms. The van der Waals surface area contributed by atoms with E-state index in [0.717, 1.165) is 11.2 Å². The number of aromatic nitrogens is 1. The highest BCUT2D eigenvalue weighted by atomic mass is 35.5. The topological polar surface area (TPSA) is 12.9 Å². The number of rotatable bonds is 2. The standard InChI is InChI=1S/C13H18ClNS/c1-9-4-3-5-11(6-9)16-12-7-13(14)15-8-10(12)2/h7-9,11H,3-6H2,1-2H3. The van der Waals surface area contributed by atoms with Gasteiger partial charge in [0, 0.05) is 16.3 Å². The average molecular weight is 256 g/mol. The molecule has 0 aromatic carbocycles. The fraction of sp³-hybridized carbons (Fsp3) is 0.615. The first kappa shape index (κ1) is 12.3. The van der Waals surface area contributed by atoms with E-state index in [1.165, 1.54) is 36.1 Å². The second kappa shape index (κ2) is 5.42. The first-order valence-electron chi connectivity index (χ1n) is 5.94. The zero-order valence-electron chi connectivity index (χ0n) is 9.87. The number of halogens is 1. The van der Waals surface area contributed by atoms with Gasteiger partial charge < -0.3 is 0 Å². The largest absolute Gasteiger partial charge is 0.244 e. The predicted octanol–water partition coefficient (Wildman–Crippen LogP) is 4.71. The zero-order valence-corrected chi connectivity index (χ0v) is 11.4. The molecule has 0 spiro atoms. The number of aryl methyl sites for hydroxylation is 1. The van der Waals surface area contributed by atoms with E-state index >= 15 is 0 Å². The predicted molar refractivity (Wildman–Crippen MR) is 71.3 cm³/mol. The highest BCUT2D eigenvalue weighted by molar-refractivity contribution is 8.00. The third-order valence-electron chi connectivity index (χ3n) is 3.20. The van der Waals surface area contributed by atoms with Gasteiger partial charge >= 0.3 is 0 Å². The summed E-state index contributed by atoms with van der Waals surface area (Å²) in [4.78, 5) is 5.40. The van der Waals surface area contributed by atoms with Crippen molar-refractivity contribution >= 4 is 23.4 Å². The highest BCUT2D eigenvalue weighted by Crippen LogP contribution is 2.37. The third kappa shape index (κ3) is 3.14. The first-order valence-corrected chi connectivity index (χ1v) is 7.19. The minimum Gasteiger partial charge on any atom is -0.244 e. The van der Waals surface area contributed by atoms with Crippen molar-refractivity contribution in [3.63, 3.8) is 0 Å². The number of nitrogens with zero attached hydrogens (tertiary/aromatic N) is 1. The maximum atomic E-state index is 5.94. The summed E-state index contributed by atoms with van der Waals surface area (Å²) in [5, 5.41) is 1.37. The van der Waals surface area contributed by atoms with Gasteiger partial charge in [-0.05, 0) is 37.3 Å². The van der Waals surface area contributed by atoms with Gasteiger partial charge in [0.05, 0.1) is 0 Å². The molecule has 1 aromatic rings. The van der Waals surface area contributed by atoms with Crippen LogP contribution in [0.25, 0.3) is 0 Å². The molecule has 1 aliphatic carbocycles. The van der Waals surface area contributed by atoms with Crippen molar-refractivity contribution in [2.45, 2.75) is 49.7 Å². The Morgan fingerprint density at radius 1 is 1.44 bits per heavy atom. The zero-order chi connectivity index (χ0) is 11.5. The Morgan fingerprint density at radius 2 is 2.25 bits per heavy atom. The minimum absolute atomic E-state index is 0.608. The average Bonchev–Trinajstić information content (AvgIpc) is 2.24. The van der Waals surface area contributed by atoms with Gasteiger partial charge in [0.2, 0.25) is 0 Å². The van der Waals surface area contributed by atoms with Crippen molar-refractivity contribution in [3.05, 3.63) is 23.0 Å². The summed E-state index contributed by atoms with van der Waals surface area (Å²) in [5.41, 5.74) is 1.24. The second-order valence-corrected chi connectivity index (χ2v) is 6.51. The van der Waals surface area contributed by atoms with E-state index in [4.69, 9.17) is 11.6 Å². The molecule has 0 radical (unpaired) electrons. The number of pyridine rings is 1. The summed E-state index contributed by atoms with van der Waals surface area (Å²) in [6.07, 6.45) is 7.32. The molecule has 1 fully saturated rings. The van der Waals surface area contributed by atoms with E-state index in [-0.39, 0.29) is 0 Å². The fourth-order valence-electron chi connectivity index (χ4n) is 2.27. The monoisotopic (exact) mass is 255 g/mol. The molecule has 1 saturated carbocycles. The highest BCUT2D eigenvalue weighted by Gasteiger charge is 2.20. The lowest BCUT2D eigenvalue weighted by molar-refractivity contribution is 0.394. The van der Waals surface area contributed by atoms with Crippen molar-refractivity contribution in [1.82, 2.24) is 4.98 Å². The van der Waals surface area contributed by atoms with Crippen LogP contribution in [0.1, 0.15) is 38.2 Å². The van der Waals surface area contributed by atoms with Crippen molar-refractivity contribution in [3.8, 4) is 0 Å². The molecule has 1 nitrogen and oxygen atoms in total. The van der Waals surface area contributed by atoms with Gasteiger partial charge in [-0.2, -0.15) is 0 Å². The van der Waals surface area contributed by atoms with Gasteiger partial charge in [0.25, 0.3) is 0 Å². The third-order valence-corrected chi connectivity index (χ3v) is 4.86. The number of hydrogen-bond donors (Lipinski definition) is 0. The van der Waals surface area contributed by atoms with Crippen molar-refractivity contribution < 1.29 is 0 Å². The minimum atomic E-state index is 0.608. The van der Waals surface area contributed by atoms with Gasteiger partial charge in [0.1, 0.15) is 5.15 Å². The molecule has 0 aliphatic heterocycles. The van der Waals surface area contributed by atoms with E-state index < -0.39 is 0 Å². The van der Waals surface area contributed by atoms with Crippen LogP contribution in [0, 0.1) is 12.8 Å². The smallest absolute Gasteiger partial charge is 0.130 e. The van der Waals surface area contributed by atoms with Crippen LogP contribution in [0.15, 0.2) is 17.2 Å². The Hall–Kier alpha value is -0.210. The molecule has 2 atom stereocenters. The van der Waals surface area contributed by atoms with Crippen LogP contribution < -0.4 is 0 Å². The van der Waals surface area contributed by atoms with Crippen LogP contribution in [0.4, 0.5) is 0 Å². The molecule has 88 valence electrons. The lowest BCUT2D eigenvalue weighted by Gasteiger charge is -2.26. The summed E-state index contributed by atoms with van der Waals surface area (Å²) in [7, 11) is 0. The van der Waals surface area contributed by atoms with Crippen LogP contribution in [-0.2, 0) is 0 Å².